The predicted octanol–water partition coefficient (Wildman–Crippen LogP) is 6.14. The summed E-state index contributed by atoms with van der Waals surface area (Å²) in [5.74, 6) is 0.592. The van der Waals surface area contributed by atoms with Crippen molar-refractivity contribution in [3.05, 3.63) is 89.5 Å². The maximum Gasteiger partial charge on any atom is 0.300 e. The topological polar surface area (TPSA) is 85.3 Å². The molecule has 0 aliphatic carbocycles. The number of carbonyl (C=O) groups excluding carboxylic acids is 2. The minimum Gasteiger partial charge on any atom is -0.507 e. The number of carbonyl (C=O) groups is 2. The fraction of sp³-hybridized carbons (Fsp3) is 0.290. The Kier molecular flexibility index (Phi) is 8.05. The summed E-state index contributed by atoms with van der Waals surface area (Å²) in [6.45, 7) is 8.55. The van der Waals surface area contributed by atoms with E-state index in [4.69, 9.17) is 14.2 Å². The maximum absolute atomic E-state index is 13.4. The van der Waals surface area contributed by atoms with Crippen LogP contribution >= 0.6 is 0 Å². The van der Waals surface area contributed by atoms with Gasteiger partial charge in [-0.05, 0) is 86.0 Å². The number of benzene rings is 3. The van der Waals surface area contributed by atoms with Crippen molar-refractivity contribution >= 4 is 23.1 Å². The van der Waals surface area contributed by atoms with Gasteiger partial charge in [0.25, 0.3) is 11.7 Å². The van der Waals surface area contributed by atoms with Gasteiger partial charge in [0.2, 0.25) is 0 Å². The molecule has 0 saturated carbocycles. The molecule has 1 N–H and O–H groups in total. The molecule has 1 saturated heterocycles. The SMILES string of the molecule is COc1ccc(N2C(=O)C(=O)/C(=C(/O)c3ccc(OCC(C)C)cc3)C2c2ccc(OC(C)C)cc2)cc1. The Hall–Kier alpha value is -4.26. The van der Waals surface area contributed by atoms with Crippen LogP contribution < -0.4 is 19.1 Å². The molecule has 7 nitrogen and oxygen atoms in total. The first kappa shape index (κ1) is 26.8. The van der Waals surface area contributed by atoms with Crippen LogP contribution in [0.1, 0.15) is 44.9 Å². The molecule has 0 bridgehead atoms. The average molecular weight is 516 g/mol. The summed E-state index contributed by atoms with van der Waals surface area (Å²) in [7, 11) is 1.56. The lowest BCUT2D eigenvalue weighted by atomic mass is 9.95. The predicted molar refractivity (Wildman–Crippen MR) is 147 cm³/mol. The zero-order chi connectivity index (χ0) is 27.4. The monoisotopic (exact) mass is 515 g/mol. The maximum atomic E-state index is 13.4. The van der Waals surface area contributed by atoms with Crippen molar-refractivity contribution in [1.29, 1.82) is 0 Å². The summed E-state index contributed by atoms with van der Waals surface area (Å²) in [4.78, 5) is 28.2. The largest absolute Gasteiger partial charge is 0.507 e. The van der Waals surface area contributed by atoms with Crippen LogP contribution in [0.25, 0.3) is 5.76 Å². The van der Waals surface area contributed by atoms with Crippen LogP contribution in [-0.2, 0) is 9.59 Å². The van der Waals surface area contributed by atoms with Gasteiger partial charge in [-0.15, -0.1) is 0 Å². The van der Waals surface area contributed by atoms with Crippen molar-refractivity contribution in [2.75, 3.05) is 18.6 Å². The average Bonchev–Trinajstić information content (AvgIpc) is 3.17. The number of hydrogen-bond donors (Lipinski definition) is 1. The van der Waals surface area contributed by atoms with E-state index in [1.165, 1.54) is 4.90 Å². The van der Waals surface area contributed by atoms with Crippen LogP contribution in [0.15, 0.2) is 78.4 Å². The highest BCUT2D eigenvalue weighted by atomic mass is 16.5. The van der Waals surface area contributed by atoms with Crippen LogP contribution in [0.3, 0.4) is 0 Å². The van der Waals surface area contributed by atoms with Gasteiger partial charge in [0.1, 0.15) is 23.0 Å². The molecule has 0 radical (unpaired) electrons. The van der Waals surface area contributed by atoms with E-state index < -0.39 is 17.7 Å². The molecule has 0 aromatic heterocycles. The Morgan fingerprint density at radius 1 is 0.842 bits per heavy atom. The van der Waals surface area contributed by atoms with E-state index in [9.17, 15) is 14.7 Å². The zero-order valence-electron chi connectivity index (χ0n) is 22.3. The molecule has 1 atom stereocenters. The standard InChI is InChI=1S/C31H33NO6/c1-19(2)18-37-25-12-8-22(9-13-25)29(33)27-28(21-6-14-26(15-7-21)38-20(3)4)32(31(35)30(27)34)23-10-16-24(36-5)17-11-23/h6-17,19-20,28,33H,18H2,1-5H3/b29-27+. The van der Waals surface area contributed by atoms with Gasteiger partial charge in [-0.1, -0.05) is 26.0 Å². The van der Waals surface area contributed by atoms with Crippen LogP contribution in [0, 0.1) is 5.92 Å². The smallest absolute Gasteiger partial charge is 0.300 e. The van der Waals surface area contributed by atoms with Crippen molar-refractivity contribution in [3.8, 4) is 17.2 Å². The van der Waals surface area contributed by atoms with Crippen LogP contribution in [0.2, 0.25) is 0 Å². The fourth-order valence-electron chi connectivity index (χ4n) is 4.29. The third-order valence-electron chi connectivity index (χ3n) is 6.07. The van der Waals surface area contributed by atoms with Gasteiger partial charge >= 0.3 is 0 Å². The van der Waals surface area contributed by atoms with Gasteiger partial charge in [-0.3, -0.25) is 14.5 Å². The Morgan fingerprint density at radius 2 is 1.42 bits per heavy atom. The molecule has 4 rings (SSSR count). The van der Waals surface area contributed by atoms with Crippen molar-refractivity contribution in [2.45, 2.75) is 39.8 Å². The van der Waals surface area contributed by atoms with Crippen LogP contribution in [0.5, 0.6) is 17.2 Å². The summed E-state index contributed by atoms with van der Waals surface area (Å²) in [5, 5.41) is 11.4. The first-order valence-corrected chi connectivity index (χ1v) is 12.6. The molecular formula is C31H33NO6. The van der Waals surface area contributed by atoms with E-state index in [-0.39, 0.29) is 17.4 Å². The van der Waals surface area contributed by atoms with Crippen molar-refractivity contribution in [2.24, 2.45) is 5.92 Å². The van der Waals surface area contributed by atoms with Gasteiger partial charge in [0.15, 0.2) is 0 Å². The quantitative estimate of drug-likeness (QED) is 0.209. The van der Waals surface area contributed by atoms with Crippen molar-refractivity contribution in [1.82, 2.24) is 0 Å². The molecule has 198 valence electrons. The second kappa shape index (κ2) is 11.4. The molecule has 0 spiro atoms. The number of ether oxygens (including phenoxy) is 3. The lowest BCUT2D eigenvalue weighted by Crippen LogP contribution is -2.29. The minimum atomic E-state index is -0.839. The molecule has 1 heterocycles. The number of Topliss-reactive ketones (excluding diaryl/α,β-unsaturated/α-hetero) is 1. The lowest BCUT2D eigenvalue weighted by molar-refractivity contribution is -0.132. The van der Waals surface area contributed by atoms with Crippen LogP contribution in [0.4, 0.5) is 5.69 Å². The number of amides is 1. The Labute approximate surface area is 223 Å². The molecule has 1 amide bonds. The summed E-state index contributed by atoms with van der Waals surface area (Å²) in [5.41, 5.74) is 1.60. The second-order valence-electron chi connectivity index (χ2n) is 9.83. The van der Waals surface area contributed by atoms with E-state index in [1.54, 1.807) is 79.9 Å². The molecule has 1 aliphatic heterocycles. The molecule has 1 aliphatic rings. The highest BCUT2D eigenvalue weighted by Crippen LogP contribution is 2.43. The van der Waals surface area contributed by atoms with E-state index in [1.807, 2.05) is 13.8 Å². The summed E-state index contributed by atoms with van der Waals surface area (Å²) < 4.78 is 16.8. The number of aliphatic hydroxyl groups is 1. The number of rotatable bonds is 9. The Morgan fingerprint density at radius 3 is 1.97 bits per heavy atom. The molecule has 1 fully saturated rings. The Balaban J connectivity index is 1.79. The normalized spacial score (nSPS) is 16.8. The van der Waals surface area contributed by atoms with Crippen molar-refractivity contribution < 1.29 is 28.9 Å². The van der Waals surface area contributed by atoms with Gasteiger partial charge in [0, 0.05) is 11.3 Å². The third kappa shape index (κ3) is 5.67. The zero-order valence-corrected chi connectivity index (χ0v) is 22.3. The number of aliphatic hydroxyl groups excluding tert-OH is 1. The summed E-state index contributed by atoms with van der Waals surface area (Å²) in [6.07, 6.45) is -0.00160. The first-order valence-electron chi connectivity index (χ1n) is 12.6. The molecule has 3 aromatic rings. The molecule has 38 heavy (non-hydrogen) atoms. The minimum absolute atomic E-state index is 0.00160. The molecule has 1 unspecified atom stereocenters. The number of methoxy groups -OCH3 is 1. The molecule has 3 aromatic carbocycles. The van der Waals surface area contributed by atoms with Gasteiger partial charge in [0.05, 0.1) is 31.4 Å². The first-order chi connectivity index (χ1) is 18.2. The highest BCUT2D eigenvalue weighted by molar-refractivity contribution is 6.51. The highest BCUT2D eigenvalue weighted by Gasteiger charge is 2.47. The second-order valence-corrected chi connectivity index (χ2v) is 9.83. The summed E-state index contributed by atoms with van der Waals surface area (Å²) >= 11 is 0. The lowest BCUT2D eigenvalue weighted by Gasteiger charge is -2.26. The van der Waals surface area contributed by atoms with Gasteiger partial charge in [-0.2, -0.15) is 0 Å². The Bertz CT molecular complexity index is 1310. The van der Waals surface area contributed by atoms with E-state index >= 15 is 0 Å². The fourth-order valence-corrected chi connectivity index (χ4v) is 4.29. The third-order valence-corrected chi connectivity index (χ3v) is 6.07. The number of anilines is 1. The number of hydrogen-bond acceptors (Lipinski definition) is 6. The molecular weight excluding hydrogens is 482 g/mol. The van der Waals surface area contributed by atoms with E-state index in [0.29, 0.717) is 46.6 Å². The number of ketones is 1. The van der Waals surface area contributed by atoms with Crippen molar-refractivity contribution in [3.63, 3.8) is 0 Å². The van der Waals surface area contributed by atoms with E-state index in [0.717, 1.165) is 0 Å². The van der Waals surface area contributed by atoms with E-state index in [2.05, 4.69) is 13.8 Å². The summed E-state index contributed by atoms with van der Waals surface area (Å²) in [6, 6.07) is 20.1. The van der Waals surface area contributed by atoms with Crippen LogP contribution in [-0.4, -0.2) is 36.6 Å². The molecule has 7 heteroatoms. The number of nitrogens with zero attached hydrogens (tertiary/aromatic N) is 1. The van der Waals surface area contributed by atoms with Gasteiger partial charge < -0.3 is 19.3 Å². The van der Waals surface area contributed by atoms with Gasteiger partial charge in [-0.25, -0.2) is 0 Å².